The van der Waals surface area contributed by atoms with Crippen LogP contribution in [-0.4, -0.2) is 49.7 Å². The minimum absolute atomic E-state index is 0.293. The van der Waals surface area contributed by atoms with Crippen LogP contribution in [0, 0.1) is 6.92 Å². The first-order valence-corrected chi connectivity index (χ1v) is 13.7. The Morgan fingerprint density at radius 3 is 2.20 bits per heavy atom. The second-order valence-corrected chi connectivity index (χ2v) is 10.4. The monoisotopic (exact) mass is 566 g/mol. The van der Waals surface area contributed by atoms with Crippen molar-refractivity contribution in [1.29, 1.82) is 0 Å². The fraction of sp³-hybridized carbons (Fsp3) is 0.133. The van der Waals surface area contributed by atoms with Gasteiger partial charge in [0.2, 0.25) is 5.82 Å². The molecule has 0 saturated heterocycles. The predicted molar refractivity (Wildman–Crippen MR) is 153 cm³/mol. The van der Waals surface area contributed by atoms with Gasteiger partial charge in [-0.2, -0.15) is 0 Å². The third-order valence-electron chi connectivity index (χ3n) is 6.26. The molecule has 0 bridgehead atoms. The molecule has 0 spiro atoms. The molecule has 206 valence electrons. The minimum atomic E-state index is -1.60. The summed E-state index contributed by atoms with van der Waals surface area (Å²) in [7, 11) is 1.57. The molecule has 0 aliphatic rings. The summed E-state index contributed by atoms with van der Waals surface area (Å²) in [5, 5.41) is 18.6. The van der Waals surface area contributed by atoms with Crippen molar-refractivity contribution in [3.63, 3.8) is 0 Å². The van der Waals surface area contributed by atoms with E-state index in [2.05, 4.69) is 30.7 Å². The van der Waals surface area contributed by atoms with Gasteiger partial charge in [0.1, 0.15) is 27.3 Å². The number of carbonyl (C=O) groups excluding carboxylic acids is 1. The van der Waals surface area contributed by atoms with Gasteiger partial charge in [0.05, 0.1) is 24.7 Å². The summed E-state index contributed by atoms with van der Waals surface area (Å²) < 4.78 is 24.5. The highest BCUT2D eigenvalue weighted by atomic mass is 32.2. The van der Waals surface area contributed by atoms with Gasteiger partial charge >= 0.3 is 0 Å². The zero-order chi connectivity index (χ0) is 28.8. The van der Waals surface area contributed by atoms with Crippen molar-refractivity contribution in [2.75, 3.05) is 14.2 Å². The molecule has 1 atom stereocenters. The molecule has 0 aliphatic carbocycles. The van der Waals surface area contributed by atoms with Crippen molar-refractivity contribution in [2.24, 2.45) is 0 Å². The zero-order valence-corrected chi connectivity index (χ0v) is 23.4. The Hall–Kier alpha value is -5.03. The second-order valence-electron chi connectivity index (χ2n) is 9.00. The van der Waals surface area contributed by atoms with Crippen LogP contribution < -0.4 is 14.8 Å². The van der Waals surface area contributed by atoms with Gasteiger partial charge in [-0.3, -0.25) is 4.79 Å². The van der Waals surface area contributed by atoms with Gasteiger partial charge in [0.15, 0.2) is 6.33 Å². The Morgan fingerprint density at radius 1 is 0.854 bits per heavy atom. The fourth-order valence-electron chi connectivity index (χ4n) is 4.11. The molecule has 11 heteroatoms. The van der Waals surface area contributed by atoms with Gasteiger partial charge in [-0.1, -0.05) is 42.0 Å². The Labute approximate surface area is 239 Å². The zero-order valence-electron chi connectivity index (χ0n) is 22.6. The van der Waals surface area contributed by atoms with E-state index in [1.807, 2.05) is 61.5 Å². The summed E-state index contributed by atoms with van der Waals surface area (Å²) in [5.74, 6) is 1.38. The third-order valence-corrected chi connectivity index (χ3v) is 7.64. The molecule has 5 aromatic rings. The highest BCUT2D eigenvalue weighted by Gasteiger charge is 2.17. The van der Waals surface area contributed by atoms with Crippen LogP contribution in [0.1, 0.15) is 21.5 Å². The highest BCUT2D eigenvalue weighted by molar-refractivity contribution is 7.85. The van der Waals surface area contributed by atoms with Crippen molar-refractivity contribution >= 4 is 16.7 Å². The summed E-state index contributed by atoms with van der Waals surface area (Å²) in [6.45, 7) is 2.29. The van der Waals surface area contributed by atoms with Gasteiger partial charge in [-0.05, 0) is 53.9 Å². The summed E-state index contributed by atoms with van der Waals surface area (Å²) in [6, 6.07) is 21.9. The number of carbonyl (C=O) groups is 1. The number of benzene rings is 3. The molecular weight excluding hydrogens is 540 g/mol. The van der Waals surface area contributed by atoms with Crippen molar-refractivity contribution < 1.29 is 18.5 Å². The highest BCUT2D eigenvalue weighted by Crippen LogP contribution is 2.34. The average molecular weight is 567 g/mol. The molecule has 1 N–H and O–H groups in total. The Morgan fingerprint density at radius 2 is 1.56 bits per heavy atom. The van der Waals surface area contributed by atoms with Crippen LogP contribution in [0.4, 0.5) is 0 Å². The van der Waals surface area contributed by atoms with Gasteiger partial charge in [0.25, 0.3) is 5.91 Å². The Bertz CT molecular complexity index is 1680. The number of aromatic nitrogens is 5. The number of hydrogen-bond acceptors (Lipinski definition) is 9. The number of nitrogens with zero attached hydrogens (tertiary/aromatic N) is 5. The van der Waals surface area contributed by atoms with E-state index in [0.717, 1.165) is 27.8 Å². The SMILES string of the molecule is COc1cc(OC)cc(-c2cc(C)ccc2S(=O)c2ccc(C(=O)NCc3ccc(-c4nncnn4)cc3)cn2)c1. The van der Waals surface area contributed by atoms with E-state index in [1.165, 1.54) is 12.5 Å². The lowest BCUT2D eigenvalue weighted by Crippen LogP contribution is -2.23. The third kappa shape index (κ3) is 6.42. The molecule has 0 radical (unpaired) electrons. The summed E-state index contributed by atoms with van der Waals surface area (Å²) in [5.41, 5.74) is 4.63. The minimum Gasteiger partial charge on any atom is -0.497 e. The first kappa shape index (κ1) is 27.5. The number of ether oxygens (including phenoxy) is 2. The summed E-state index contributed by atoms with van der Waals surface area (Å²) >= 11 is 0. The Kier molecular flexibility index (Phi) is 8.35. The molecule has 1 amide bonds. The molecular formula is C30H26N6O4S. The van der Waals surface area contributed by atoms with Crippen LogP contribution in [-0.2, 0) is 17.3 Å². The second kappa shape index (κ2) is 12.4. The molecule has 10 nitrogen and oxygen atoms in total. The quantitative estimate of drug-likeness (QED) is 0.276. The van der Waals surface area contributed by atoms with Crippen molar-refractivity contribution in [3.8, 4) is 34.0 Å². The molecule has 0 fully saturated rings. The topological polar surface area (TPSA) is 129 Å². The molecule has 0 saturated carbocycles. The summed E-state index contributed by atoms with van der Waals surface area (Å²) in [6.07, 6.45) is 2.70. The maximum atomic E-state index is 13.7. The van der Waals surface area contributed by atoms with Gasteiger partial charge in [-0.25, -0.2) is 9.19 Å². The van der Waals surface area contributed by atoms with E-state index < -0.39 is 10.8 Å². The van der Waals surface area contributed by atoms with E-state index in [-0.39, 0.29) is 5.91 Å². The Balaban J connectivity index is 1.30. The molecule has 2 heterocycles. The largest absolute Gasteiger partial charge is 0.497 e. The number of rotatable bonds is 9. The summed E-state index contributed by atoms with van der Waals surface area (Å²) in [4.78, 5) is 17.7. The molecule has 0 aliphatic heterocycles. The maximum Gasteiger partial charge on any atom is 0.253 e. The number of pyridine rings is 1. The maximum absolute atomic E-state index is 13.7. The van der Waals surface area contributed by atoms with E-state index in [1.54, 1.807) is 32.4 Å². The number of hydrogen-bond donors (Lipinski definition) is 1. The average Bonchev–Trinajstić information content (AvgIpc) is 3.03. The van der Waals surface area contributed by atoms with Gasteiger partial charge in [-0.15, -0.1) is 20.4 Å². The lowest BCUT2D eigenvalue weighted by molar-refractivity contribution is 0.0950. The van der Waals surface area contributed by atoms with Crippen molar-refractivity contribution in [1.82, 2.24) is 30.7 Å². The molecule has 5 rings (SSSR count). The van der Waals surface area contributed by atoms with Gasteiger partial charge < -0.3 is 14.8 Å². The van der Waals surface area contributed by atoms with E-state index >= 15 is 0 Å². The lowest BCUT2D eigenvalue weighted by Gasteiger charge is -2.13. The van der Waals surface area contributed by atoms with E-state index in [0.29, 0.717) is 39.4 Å². The fourth-order valence-corrected chi connectivity index (χ4v) is 5.24. The van der Waals surface area contributed by atoms with Crippen molar-refractivity contribution in [2.45, 2.75) is 23.4 Å². The van der Waals surface area contributed by atoms with E-state index in [9.17, 15) is 9.00 Å². The first-order chi connectivity index (χ1) is 19.9. The van der Waals surface area contributed by atoms with Crippen LogP contribution in [0.5, 0.6) is 11.5 Å². The predicted octanol–water partition coefficient (Wildman–Crippen LogP) is 4.42. The number of amides is 1. The number of nitrogens with one attached hydrogen (secondary N) is 1. The molecule has 1 unspecified atom stereocenters. The standard InChI is InChI=1S/C30H26N6O4S/c1-19-4-10-27(26(12-19)23-13-24(39-2)15-25(14-23)40-3)41(38)28-11-9-22(17-31-28)30(37)32-16-20-5-7-21(8-6-20)29-35-33-18-34-36-29/h4-15,17-18H,16H2,1-3H3,(H,32,37). The van der Waals surface area contributed by atoms with E-state index in [4.69, 9.17) is 9.47 Å². The van der Waals surface area contributed by atoms with Crippen LogP contribution in [0.3, 0.4) is 0 Å². The molecule has 3 aromatic carbocycles. The molecule has 41 heavy (non-hydrogen) atoms. The normalized spacial score (nSPS) is 11.5. The smallest absolute Gasteiger partial charge is 0.253 e. The van der Waals surface area contributed by atoms with Gasteiger partial charge in [0, 0.05) is 24.4 Å². The van der Waals surface area contributed by atoms with Crippen LogP contribution in [0.2, 0.25) is 0 Å². The van der Waals surface area contributed by atoms with Crippen LogP contribution in [0.25, 0.3) is 22.5 Å². The van der Waals surface area contributed by atoms with Crippen molar-refractivity contribution in [3.05, 3.63) is 102 Å². The van der Waals surface area contributed by atoms with Crippen LogP contribution >= 0.6 is 0 Å². The molecule has 2 aromatic heterocycles. The van der Waals surface area contributed by atoms with Crippen LogP contribution in [0.15, 0.2) is 95.2 Å². The lowest BCUT2D eigenvalue weighted by atomic mass is 10.0. The number of methoxy groups -OCH3 is 2. The number of aryl methyl sites for hydroxylation is 1. The first-order valence-electron chi connectivity index (χ1n) is 12.5.